The van der Waals surface area contributed by atoms with Gasteiger partial charge in [0.1, 0.15) is 0 Å². The fraction of sp³-hybridized carbons (Fsp3) is 0.0714. The van der Waals surface area contributed by atoms with Gasteiger partial charge in [0.2, 0.25) is 0 Å². The minimum atomic E-state index is 0.827. The Balaban J connectivity index is 1.97. The van der Waals surface area contributed by atoms with Crippen molar-refractivity contribution < 1.29 is 0 Å². The Morgan fingerprint density at radius 2 is 0.867 bits per heavy atom. The Kier molecular flexibility index (Phi) is 5.81. The molecule has 0 bridgehead atoms. The zero-order valence-electron chi connectivity index (χ0n) is 17.1. The molecule has 148 valence electrons. The van der Waals surface area contributed by atoms with Gasteiger partial charge in [-0.15, -0.1) is 0 Å². The smallest absolute Gasteiger partial charge is 0.0188 e. The minimum Gasteiger partial charge on any atom is -0.0841 e. The Labute approximate surface area is 194 Å². The van der Waals surface area contributed by atoms with Crippen LogP contribution >= 0.6 is 31.9 Å². The van der Waals surface area contributed by atoms with Gasteiger partial charge in [0, 0.05) is 20.1 Å². The van der Waals surface area contributed by atoms with Crippen molar-refractivity contribution in [3.05, 3.63) is 117 Å². The fourth-order valence-corrected chi connectivity index (χ4v) is 4.77. The molecule has 0 aliphatic heterocycles. The van der Waals surface area contributed by atoms with Crippen molar-refractivity contribution in [2.24, 2.45) is 0 Å². The van der Waals surface area contributed by atoms with Gasteiger partial charge in [-0.3, -0.25) is 0 Å². The molecule has 0 amide bonds. The highest BCUT2D eigenvalue weighted by Gasteiger charge is 2.16. The zero-order chi connectivity index (χ0) is 21.4. The van der Waals surface area contributed by atoms with Crippen molar-refractivity contribution in [2.75, 3.05) is 0 Å². The Bertz CT molecular complexity index is 1250. The van der Waals surface area contributed by atoms with Gasteiger partial charge in [-0.2, -0.15) is 0 Å². The van der Waals surface area contributed by atoms with Crippen LogP contribution in [-0.4, -0.2) is 0 Å². The summed E-state index contributed by atoms with van der Waals surface area (Å²) in [6, 6.07) is 26.1. The summed E-state index contributed by atoms with van der Waals surface area (Å²) in [7, 11) is 0. The summed E-state index contributed by atoms with van der Waals surface area (Å²) in [4.78, 5) is 0. The third-order valence-corrected chi connectivity index (χ3v) is 6.15. The molecular weight excluding hydrogens is 496 g/mol. The van der Waals surface area contributed by atoms with Crippen molar-refractivity contribution >= 4 is 64.6 Å². The molecule has 0 aliphatic carbocycles. The maximum Gasteiger partial charge on any atom is 0.0188 e. The van der Waals surface area contributed by atoms with Gasteiger partial charge in [0.25, 0.3) is 0 Å². The second kappa shape index (κ2) is 8.37. The van der Waals surface area contributed by atoms with Crippen LogP contribution in [0.4, 0.5) is 0 Å². The number of fused-ring (bicyclic) bond motifs is 2. The summed E-state index contributed by atoms with van der Waals surface area (Å²) in [5.41, 5.74) is 6.80. The van der Waals surface area contributed by atoms with Crippen molar-refractivity contribution in [3.63, 3.8) is 0 Å². The molecule has 0 fully saturated rings. The van der Waals surface area contributed by atoms with Crippen molar-refractivity contribution in [2.45, 2.75) is 13.8 Å². The number of rotatable bonds is 4. The molecule has 0 radical (unpaired) electrons. The third-order valence-electron chi connectivity index (χ3n) is 5.36. The van der Waals surface area contributed by atoms with Gasteiger partial charge < -0.3 is 0 Å². The number of halogens is 2. The number of allylic oxidation sites excluding steroid dienone is 4. The molecule has 4 aromatic rings. The van der Waals surface area contributed by atoms with E-state index in [2.05, 4.69) is 132 Å². The van der Waals surface area contributed by atoms with Crippen molar-refractivity contribution in [1.82, 2.24) is 0 Å². The SMILES string of the molecule is C=C(Br)/C(=C(\C(=C)Br)c1ccc2cc(C)ccc2c1)c1ccc2cc(C)ccc2c1. The van der Waals surface area contributed by atoms with E-state index in [1.54, 1.807) is 0 Å². The lowest BCUT2D eigenvalue weighted by molar-refractivity contribution is 1.50. The van der Waals surface area contributed by atoms with Crippen LogP contribution in [0, 0.1) is 13.8 Å². The van der Waals surface area contributed by atoms with E-state index in [9.17, 15) is 0 Å². The molecule has 30 heavy (non-hydrogen) atoms. The summed E-state index contributed by atoms with van der Waals surface area (Å²) in [6.45, 7) is 12.7. The Morgan fingerprint density at radius 3 is 1.23 bits per heavy atom. The summed E-state index contributed by atoms with van der Waals surface area (Å²) in [5.74, 6) is 0. The fourth-order valence-electron chi connectivity index (χ4n) is 3.91. The predicted molar refractivity (Wildman–Crippen MR) is 140 cm³/mol. The lowest BCUT2D eigenvalue weighted by atomic mass is 9.91. The van der Waals surface area contributed by atoms with Crippen LogP contribution < -0.4 is 0 Å². The van der Waals surface area contributed by atoms with Gasteiger partial charge in [-0.25, -0.2) is 0 Å². The van der Waals surface area contributed by atoms with E-state index in [0.29, 0.717) is 0 Å². The molecular formula is C28H22Br2. The molecule has 0 nitrogen and oxygen atoms in total. The average Bonchev–Trinajstić information content (AvgIpc) is 2.70. The Morgan fingerprint density at radius 1 is 0.533 bits per heavy atom. The molecule has 0 saturated carbocycles. The van der Waals surface area contributed by atoms with Crippen LogP contribution in [-0.2, 0) is 0 Å². The molecule has 0 N–H and O–H groups in total. The summed E-state index contributed by atoms with van der Waals surface area (Å²) in [5, 5.41) is 4.88. The monoisotopic (exact) mass is 516 g/mol. The number of aryl methyl sites for hydroxylation is 2. The number of hydrogen-bond acceptors (Lipinski definition) is 0. The first-order valence-corrected chi connectivity index (χ1v) is 11.4. The summed E-state index contributed by atoms with van der Waals surface area (Å²) < 4.78 is 1.65. The first kappa shape index (κ1) is 20.8. The molecule has 0 spiro atoms. The molecule has 0 heterocycles. The van der Waals surface area contributed by atoms with E-state index in [4.69, 9.17) is 0 Å². The number of benzene rings is 4. The van der Waals surface area contributed by atoms with E-state index in [0.717, 1.165) is 31.2 Å². The molecule has 4 rings (SSSR count). The summed E-state index contributed by atoms with van der Waals surface area (Å²) in [6.07, 6.45) is 0. The summed E-state index contributed by atoms with van der Waals surface area (Å²) >= 11 is 7.33. The van der Waals surface area contributed by atoms with Gasteiger partial charge in [0.15, 0.2) is 0 Å². The number of hydrogen-bond donors (Lipinski definition) is 0. The van der Waals surface area contributed by atoms with Gasteiger partial charge in [-0.05, 0) is 58.7 Å². The molecule has 2 heteroatoms. The lowest BCUT2D eigenvalue weighted by Crippen LogP contribution is -1.94. The highest BCUT2D eigenvalue weighted by atomic mass is 79.9. The average molecular weight is 518 g/mol. The standard InChI is InChI=1S/C28H22Br2/c1-17-5-7-23-15-25(11-9-21(23)13-17)27(19(3)29)28(20(4)30)26-12-10-22-14-18(2)6-8-24(22)16-26/h5-16H,3-4H2,1-2H3/b28-27-. The normalized spacial score (nSPS) is 12.1. The van der Waals surface area contributed by atoms with Crippen LogP contribution in [0.25, 0.3) is 32.7 Å². The molecule has 4 aromatic carbocycles. The lowest BCUT2D eigenvalue weighted by Gasteiger charge is -2.17. The topological polar surface area (TPSA) is 0 Å². The first-order chi connectivity index (χ1) is 14.3. The second-order valence-corrected chi connectivity index (χ2v) is 9.61. The van der Waals surface area contributed by atoms with E-state index < -0.39 is 0 Å². The maximum atomic E-state index is 4.23. The van der Waals surface area contributed by atoms with Crippen LogP contribution in [0.3, 0.4) is 0 Å². The minimum absolute atomic E-state index is 0.827. The van der Waals surface area contributed by atoms with E-state index in [1.807, 2.05) is 0 Å². The second-order valence-electron chi connectivity index (χ2n) is 7.69. The molecule has 0 atom stereocenters. The van der Waals surface area contributed by atoms with Gasteiger partial charge in [0.05, 0.1) is 0 Å². The van der Waals surface area contributed by atoms with E-state index in [1.165, 1.54) is 32.7 Å². The zero-order valence-corrected chi connectivity index (χ0v) is 20.3. The highest BCUT2D eigenvalue weighted by molar-refractivity contribution is 9.12. The molecule has 0 saturated heterocycles. The molecule has 0 unspecified atom stereocenters. The quantitative estimate of drug-likeness (QED) is 0.187. The van der Waals surface area contributed by atoms with Crippen LogP contribution in [0.2, 0.25) is 0 Å². The highest BCUT2D eigenvalue weighted by Crippen LogP contribution is 2.41. The predicted octanol–water partition coefficient (Wildman–Crippen LogP) is 9.34. The van der Waals surface area contributed by atoms with Gasteiger partial charge in [-0.1, -0.05) is 117 Å². The van der Waals surface area contributed by atoms with Crippen LogP contribution in [0.15, 0.2) is 94.9 Å². The third kappa shape index (κ3) is 4.08. The molecule has 0 aromatic heterocycles. The molecule has 0 aliphatic rings. The largest absolute Gasteiger partial charge is 0.0841 e. The Hall–Kier alpha value is -2.42. The van der Waals surface area contributed by atoms with E-state index in [-0.39, 0.29) is 0 Å². The van der Waals surface area contributed by atoms with Crippen LogP contribution in [0.1, 0.15) is 22.3 Å². The van der Waals surface area contributed by atoms with Crippen LogP contribution in [0.5, 0.6) is 0 Å². The first-order valence-electron chi connectivity index (χ1n) is 9.79. The van der Waals surface area contributed by atoms with Gasteiger partial charge >= 0.3 is 0 Å². The van der Waals surface area contributed by atoms with Crippen molar-refractivity contribution in [1.29, 1.82) is 0 Å². The van der Waals surface area contributed by atoms with Crippen molar-refractivity contribution in [3.8, 4) is 0 Å². The van der Waals surface area contributed by atoms with E-state index >= 15 is 0 Å². The maximum absolute atomic E-state index is 4.23.